The molecule has 2 N–H and O–H groups in total. The van der Waals surface area contributed by atoms with Crippen molar-refractivity contribution in [3.05, 3.63) is 23.8 Å². The van der Waals surface area contributed by atoms with Crippen LogP contribution in [0.15, 0.2) is 23.1 Å². The number of thioether (sulfide) groups is 1. The average molecular weight is 267 g/mol. The normalized spacial score (nSPS) is 10.6. The van der Waals surface area contributed by atoms with Crippen molar-refractivity contribution in [3.8, 4) is 5.75 Å². The van der Waals surface area contributed by atoms with E-state index in [0.29, 0.717) is 6.54 Å². The van der Waals surface area contributed by atoms with Crippen molar-refractivity contribution in [1.29, 1.82) is 0 Å². The molecule has 1 rings (SSSR count). The first-order valence-electron chi connectivity index (χ1n) is 6.82. The molecular formula is C15H25NOS. The Hall–Kier alpha value is -0.670. The maximum absolute atomic E-state index is 5.86. The first-order chi connectivity index (χ1) is 8.83. The molecule has 0 aromatic heterocycles. The zero-order chi connectivity index (χ0) is 13.2. The lowest BCUT2D eigenvalue weighted by Gasteiger charge is -2.13. The third-order valence-corrected chi connectivity index (χ3v) is 3.84. The van der Waals surface area contributed by atoms with Gasteiger partial charge >= 0.3 is 0 Å². The van der Waals surface area contributed by atoms with Crippen LogP contribution in [0.2, 0.25) is 0 Å². The van der Waals surface area contributed by atoms with Crippen molar-refractivity contribution >= 4 is 11.8 Å². The van der Waals surface area contributed by atoms with E-state index in [1.165, 1.54) is 30.6 Å². The van der Waals surface area contributed by atoms with Gasteiger partial charge in [-0.05, 0) is 24.8 Å². The van der Waals surface area contributed by atoms with Gasteiger partial charge < -0.3 is 10.5 Å². The van der Waals surface area contributed by atoms with Crippen LogP contribution < -0.4 is 10.5 Å². The highest BCUT2D eigenvalue weighted by atomic mass is 32.2. The summed E-state index contributed by atoms with van der Waals surface area (Å²) in [6.07, 6.45) is 8.39. The Morgan fingerprint density at radius 2 is 1.94 bits per heavy atom. The van der Waals surface area contributed by atoms with E-state index in [1.54, 1.807) is 11.8 Å². The van der Waals surface area contributed by atoms with Gasteiger partial charge in [-0.15, -0.1) is 11.8 Å². The van der Waals surface area contributed by atoms with Crippen molar-refractivity contribution < 1.29 is 4.74 Å². The van der Waals surface area contributed by atoms with Gasteiger partial charge in [-0.25, -0.2) is 0 Å². The summed E-state index contributed by atoms with van der Waals surface area (Å²) in [7, 11) is 0. The SMILES string of the molecule is CCCCCCCOc1cccc(SC)c1CN. The molecule has 18 heavy (non-hydrogen) atoms. The monoisotopic (exact) mass is 267 g/mol. The summed E-state index contributed by atoms with van der Waals surface area (Å²) >= 11 is 1.72. The highest BCUT2D eigenvalue weighted by Crippen LogP contribution is 2.28. The summed E-state index contributed by atoms with van der Waals surface area (Å²) in [5.74, 6) is 0.958. The van der Waals surface area contributed by atoms with Gasteiger partial charge in [-0.2, -0.15) is 0 Å². The lowest BCUT2D eigenvalue weighted by Crippen LogP contribution is -2.05. The fourth-order valence-corrected chi connectivity index (χ4v) is 2.61. The molecule has 0 heterocycles. The molecule has 1 aromatic rings. The Morgan fingerprint density at radius 3 is 2.61 bits per heavy atom. The van der Waals surface area contributed by atoms with E-state index in [9.17, 15) is 0 Å². The molecule has 0 unspecified atom stereocenters. The first-order valence-corrected chi connectivity index (χ1v) is 8.04. The number of hydrogen-bond acceptors (Lipinski definition) is 3. The van der Waals surface area contributed by atoms with Crippen LogP contribution in [0.1, 0.15) is 44.6 Å². The molecule has 1 aromatic carbocycles. The lowest BCUT2D eigenvalue weighted by atomic mass is 10.1. The molecule has 0 spiro atoms. The summed E-state index contributed by atoms with van der Waals surface area (Å²) in [5, 5.41) is 0. The van der Waals surface area contributed by atoms with Crippen LogP contribution in [0, 0.1) is 0 Å². The Labute approximate surface area is 115 Å². The largest absolute Gasteiger partial charge is 0.493 e. The summed E-state index contributed by atoms with van der Waals surface area (Å²) in [5.41, 5.74) is 6.94. The van der Waals surface area contributed by atoms with E-state index in [0.717, 1.165) is 24.3 Å². The van der Waals surface area contributed by atoms with E-state index in [4.69, 9.17) is 10.5 Å². The van der Waals surface area contributed by atoms with Gasteiger partial charge in [0.2, 0.25) is 0 Å². The topological polar surface area (TPSA) is 35.2 Å². The molecule has 0 amide bonds. The molecule has 0 fully saturated rings. The standard InChI is InChI=1S/C15H25NOS/c1-3-4-5-6-7-11-17-14-9-8-10-15(18-2)13(14)12-16/h8-10H,3-7,11-12,16H2,1-2H3. The Balaban J connectivity index is 2.41. The van der Waals surface area contributed by atoms with E-state index in [-0.39, 0.29) is 0 Å². The second-order valence-corrected chi connectivity index (χ2v) is 5.25. The molecule has 0 radical (unpaired) electrons. The van der Waals surface area contributed by atoms with Crippen LogP contribution in [0.4, 0.5) is 0 Å². The molecule has 0 aliphatic heterocycles. The third-order valence-electron chi connectivity index (χ3n) is 3.02. The van der Waals surface area contributed by atoms with Crippen molar-refractivity contribution in [2.24, 2.45) is 5.73 Å². The summed E-state index contributed by atoms with van der Waals surface area (Å²) in [6, 6.07) is 6.16. The molecule has 3 heteroatoms. The van der Waals surface area contributed by atoms with Gasteiger partial charge in [0, 0.05) is 17.0 Å². The predicted molar refractivity (Wildman–Crippen MR) is 80.4 cm³/mol. The number of benzene rings is 1. The lowest BCUT2D eigenvalue weighted by molar-refractivity contribution is 0.301. The van der Waals surface area contributed by atoms with Gasteiger partial charge in [0.15, 0.2) is 0 Å². The number of nitrogens with two attached hydrogens (primary N) is 1. The minimum Gasteiger partial charge on any atom is -0.493 e. The van der Waals surface area contributed by atoms with E-state index < -0.39 is 0 Å². The zero-order valence-corrected chi connectivity index (χ0v) is 12.4. The van der Waals surface area contributed by atoms with E-state index in [2.05, 4.69) is 19.2 Å². The van der Waals surface area contributed by atoms with Crippen molar-refractivity contribution in [3.63, 3.8) is 0 Å². The highest BCUT2D eigenvalue weighted by Gasteiger charge is 2.06. The second kappa shape index (κ2) is 9.29. The molecule has 0 saturated carbocycles. The van der Waals surface area contributed by atoms with Crippen LogP contribution in [0.5, 0.6) is 5.75 Å². The van der Waals surface area contributed by atoms with Crippen LogP contribution in [0.3, 0.4) is 0 Å². The van der Waals surface area contributed by atoms with Crippen molar-refractivity contribution in [2.75, 3.05) is 12.9 Å². The quantitative estimate of drug-likeness (QED) is 0.537. The maximum atomic E-state index is 5.86. The van der Waals surface area contributed by atoms with Crippen molar-refractivity contribution in [1.82, 2.24) is 0 Å². The molecular weight excluding hydrogens is 242 g/mol. The van der Waals surface area contributed by atoms with Crippen LogP contribution in [-0.4, -0.2) is 12.9 Å². The van der Waals surface area contributed by atoms with Gasteiger partial charge in [-0.3, -0.25) is 0 Å². The molecule has 0 atom stereocenters. The van der Waals surface area contributed by atoms with Crippen LogP contribution in [-0.2, 0) is 6.54 Å². The highest BCUT2D eigenvalue weighted by molar-refractivity contribution is 7.98. The van der Waals surface area contributed by atoms with E-state index in [1.807, 2.05) is 12.1 Å². The van der Waals surface area contributed by atoms with Gasteiger partial charge in [0.05, 0.1) is 6.61 Å². The summed E-state index contributed by atoms with van der Waals surface area (Å²) < 4.78 is 5.86. The smallest absolute Gasteiger partial charge is 0.124 e. The average Bonchev–Trinajstić information content (AvgIpc) is 2.42. The predicted octanol–water partition coefficient (Wildman–Crippen LogP) is 4.22. The summed E-state index contributed by atoms with van der Waals surface area (Å²) in [6.45, 7) is 3.58. The molecule has 102 valence electrons. The molecule has 0 aliphatic rings. The van der Waals surface area contributed by atoms with Crippen molar-refractivity contribution in [2.45, 2.75) is 50.5 Å². The number of hydrogen-bond donors (Lipinski definition) is 1. The Morgan fingerprint density at radius 1 is 1.17 bits per heavy atom. The third kappa shape index (κ3) is 4.91. The zero-order valence-electron chi connectivity index (χ0n) is 11.6. The first kappa shape index (κ1) is 15.4. The second-order valence-electron chi connectivity index (χ2n) is 4.40. The minimum atomic E-state index is 0.544. The van der Waals surface area contributed by atoms with E-state index >= 15 is 0 Å². The Bertz CT molecular complexity index is 341. The van der Waals surface area contributed by atoms with Crippen LogP contribution >= 0.6 is 11.8 Å². The van der Waals surface area contributed by atoms with Gasteiger partial charge in [0.1, 0.15) is 5.75 Å². The molecule has 0 saturated heterocycles. The fourth-order valence-electron chi connectivity index (χ4n) is 1.96. The maximum Gasteiger partial charge on any atom is 0.124 e. The van der Waals surface area contributed by atoms with Gasteiger partial charge in [-0.1, -0.05) is 38.7 Å². The Kier molecular flexibility index (Phi) is 7.94. The molecule has 0 bridgehead atoms. The fraction of sp³-hybridized carbons (Fsp3) is 0.600. The summed E-state index contributed by atoms with van der Waals surface area (Å²) in [4.78, 5) is 1.22. The number of ether oxygens (including phenoxy) is 1. The molecule has 0 aliphatic carbocycles. The number of unbranched alkanes of at least 4 members (excludes halogenated alkanes) is 4. The number of rotatable bonds is 9. The minimum absolute atomic E-state index is 0.544. The van der Waals surface area contributed by atoms with Crippen LogP contribution in [0.25, 0.3) is 0 Å². The van der Waals surface area contributed by atoms with Gasteiger partial charge in [0.25, 0.3) is 0 Å². The molecule has 2 nitrogen and oxygen atoms in total.